The number of nitrogens with two attached hydrogens (primary N) is 1. The number of hydrogen-bond donors (Lipinski definition) is 2. The first-order valence-electron chi connectivity index (χ1n) is 5.92. The molecule has 0 aliphatic heterocycles. The number of likely N-dealkylation sites (N-methyl/N-ethyl adjacent to an activating group) is 1. The van der Waals surface area contributed by atoms with Crippen molar-refractivity contribution in [3.05, 3.63) is 28.0 Å². The van der Waals surface area contributed by atoms with Gasteiger partial charge in [0.2, 0.25) is 0 Å². The van der Waals surface area contributed by atoms with E-state index >= 15 is 0 Å². The van der Waals surface area contributed by atoms with Gasteiger partial charge < -0.3 is 15.7 Å². The Morgan fingerprint density at radius 2 is 2.11 bits per heavy atom. The first-order chi connectivity index (χ1) is 8.67. The number of thiocarbonyl (C=S) groups is 1. The summed E-state index contributed by atoms with van der Waals surface area (Å²) in [5.74, 6) is -0.420. The van der Waals surface area contributed by atoms with E-state index in [0.717, 1.165) is 0 Å². The fourth-order valence-corrected chi connectivity index (χ4v) is 2.66. The van der Waals surface area contributed by atoms with E-state index in [2.05, 4.69) is 15.9 Å². The van der Waals surface area contributed by atoms with Gasteiger partial charge in [0.15, 0.2) is 5.82 Å². The molecular formula is C13H18BrFN2OS. The zero-order valence-corrected chi connectivity index (χ0v) is 13.6. The molecule has 1 aromatic carbocycles. The van der Waals surface area contributed by atoms with Crippen LogP contribution in [0, 0.1) is 5.82 Å². The maximum atomic E-state index is 14.3. The van der Waals surface area contributed by atoms with E-state index in [1.807, 2.05) is 6.92 Å². The van der Waals surface area contributed by atoms with Gasteiger partial charge in [-0.2, -0.15) is 0 Å². The van der Waals surface area contributed by atoms with Gasteiger partial charge >= 0.3 is 0 Å². The molecule has 0 aromatic heterocycles. The summed E-state index contributed by atoms with van der Waals surface area (Å²) >= 11 is 8.04. The largest absolute Gasteiger partial charge is 0.389 e. The predicted octanol–water partition coefficient (Wildman–Crippen LogP) is 2.82. The normalized spacial score (nSPS) is 11.5. The predicted molar refractivity (Wildman–Crippen MR) is 84.2 cm³/mol. The first kappa shape index (κ1) is 16.3. The van der Waals surface area contributed by atoms with Gasteiger partial charge in [0.25, 0.3) is 0 Å². The number of anilines is 1. The van der Waals surface area contributed by atoms with E-state index < -0.39 is 11.4 Å². The molecular weight excluding hydrogens is 331 g/mol. The third-order valence-electron chi connectivity index (χ3n) is 2.63. The number of nitrogens with zero attached hydrogens (tertiary/aromatic N) is 1. The summed E-state index contributed by atoms with van der Waals surface area (Å²) < 4.78 is 14.6. The summed E-state index contributed by atoms with van der Waals surface area (Å²) in [6.45, 7) is 6.19. The fourth-order valence-electron chi connectivity index (χ4n) is 1.81. The van der Waals surface area contributed by atoms with Crippen LogP contribution in [0.3, 0.4) is 0 Å². The minimum absolute atomic E-state index is 0.142. The van der Waals surface area contributed by atoms with E-state index in [9.17, 15) is 9.50 Å². The summed E-state index contributed by atoms with van der Waals surface area (Å²) in [6, 6.07) is 3.31. The van der Waals surface area contributed by atoms with Crippen molar-refractivity contribution in [2.75, 3.05) is 18.0 Å². The standard InChI is InChI=1S/C13H18BrFN2OS/c1-4-17(7-13(2,3)18)9-6-5-8(12(16)19)10(14)11(9)15/h5-6,18H,4,7H2,1-3H3,(H2,16,19). The van der Waals surface area contributed by atoms with Gasteiger partial charge in [-0.15, -0.1) is 0 Å². The van der Waals surface area contributed by atoms with Crippen LogP contribution in [0.25, 0.3) is 0 Å². The second-order valence-electron chi connectivity index (χ2n) is 4.95. The van der Waals surface area contributed by atoms with Crippen LogP contribution in [0.15, 0.2) is 16.6 Å². The lowest BCUT2D eigenvalue weighted by Gasteiger charge is -2.30. The van der Waals surface area contributed by atoms with Crippen LogP contribution in [0.5, 0.6) is 0 Å². The highest BCUT2D eigenvalue weighted by Gasteiger charge is 2.22. The van der Waals surface area contributed by atoms with Crippen LogP contribution >= 0.6 is 28.1 Å². The monoisotopic (exact) mass is 348 g/mol. The first-order valence-corrected chi connectivity index (χ1v) is 7.12. The lowest BCUT2D eigenvalue weighted by Crippen LogP contribution is -2.39. The van der Waals surface area contributed by atoms with Gasteiger partial charge in [0.1, 0.15) is 4.99 Å². The highest BCUT2D eigenvalue weighted by Crippen LogP contribution is 2.30. The van der Waals surface area contributed by atoms with Crippen LogP contribution in [0.2, 0.25) is 0 Å². The van der Waals surface area contributed by atoms with Crippen LogP contribution in [-0.4, -0.2) is 28.8 Å². The smallest absolute Gasteiger partial charge is 0.161 e. The van der Waals surface area contributed by atoms with Gasteiger partial charge in [-0.25, -0.2) is 4.39 Å². The number of rotatable bonds is 5. The SMILES string of the molecule is CCN(CC(C)(C)O)c1ccc(C(N)=S)c(Br)c1F. The van der Waals surface area contributed by atoms with Crippen molar-refractivity contribution < 1.29 is 9.50 Å². The lowest BCUT2D eigenvalue weighted by molar-refractivity contribution is 0.0874. The molecule has 3 nitrogen and oxygen atoms in total. The van der Waals surface area contributed by atoms with Crippen LogP contribution < -0.4 is 10.6 Å². The molecule has 3 N–H and O–H groups in total. The average molecular weight is 349 g/mol. The Hall–Kier alpha value is -0.720. The van der Waals surface area contributed by atoms with Gasteiger partial charge in [-0.05, 0) is 48.8 Å². The topological polar surface area (TPSA) is 49.5 Å². The average Bonchev–Trinajstić information content (AvgIpc) is 2.28. The zero-order valence-electron chi connectivity index (χ0n) is 11.2. The van der Waals surface area contributed by atoms with Crippen molar-refractivity contribution in [1.29, 1.82) is 0 Å². The molecule has 0 saturated carbocycles. The number of aliphatic hydroxyl groups is 1. The molecule has 1 rings (SSSR count). The fraction of sp³-hybridized carbons (Fsp3) is 0.462. The summed E-state index contributed by atoms with van der Waals surface area (Å²) in [5, 5.41) is 9.87. The van der Waals surface area contributed by atoms with Gasteiger partial charge in [0, 0.05) is 18.7 Å². The Labute approximate surface area is 126 Å². The molecule has 0 fully saturated rings. The second-order valence-corrected chi connectivity index (χ2v) is 6.18. The van der Waals surface area contributed by atoms with Crippen molar-refractivity contribution in [2.45, 2.75) is 26.4 Å². The van der Waals surface area contributed by atoms with Crippen LogP contribution in [0.1, 0.15) is 26.3 Å². The number of benzene rings is 1. The van der Waals surface area contributed by atoms with Gasteiger partial charge in [-0.3, -0.25) is 0 Å². The van der Waals surface area contributed by atoms with E-state index in [-0.39, 0.29) is 9.46 Å². The molecule has 0 heterocycles. The van der Waals surface area contributed by atoms with Crippen molar-refractivity contribution in [1.82, 2.24) is 0 Å². The molecule has 0 bridgehead atoms. The van der Waals surface area contributed by atoms with Crippen molar-refractivity contribution >= 4 is 38.8 Å². The molecule has 0 amide bonds. The quantitative estimate of drug-likeness (QED) is 0.803. The lowest BCUT2D eigenvalue weighted by atomic mass is 10.1. The van der Waals surface area contributed by atoms with E-state index in [1.165, 1.54) is 0 Å². The maximum absolute atomic E-state index is 14.3. The molecule has 0 radical (unpaired) electrons. The van der Waals surface area contributed by atoms with Crippen molar-refractivity contribution in [3.63, 3.8) is 0 Å². The molecule has 0 unspecified atom stereocenters. The van der Waals surface area contributed by atoms with Crippen molar-refractivity contribution in [3.8, 4) is 0 Å². The molecule has 0 aliphatic carbocycles. The highest BCUT2D eigenvalue weighted by atomic mass is 79.9. The maximum Gasteiger partial charge on any atom is 0.161 e. The molecule has 0 saturated heterocycles. The Morgan fingerprint density at radius 1 is 1.53 bits per heavy atom. The van der Waals surface area contributed by atoms with E-state index in [0.29, 0.717) is 24.3 Å². The van der Waals surface area contributed by atoms with Crippen LogP contribution in [0.4, 0.5) is 10.1 Å². The molecule has 106 valence electrons. The van der Waals surface area contributed by atoms with Crippen LogP contribution in [-0.2, 0) is 0 Å². The van der Waals surface area contributed by atoms with E-state index in [4.69, 9.17) is 18.0 Å². The van der Waals surface area contributed by atoms with Crippen molar-refractivity contribution in [2.24, 2.45) is 5.73 Å². The molecule has 0 spiro atoms. The Bertz CT molecular complexity index is 488. The van der Waals surface area contributed by atoms with E-state index in [1.54, 1.807) is 30.9 Å². The minimum Gasteiger partial charge on any atom is -0.389 e. The molecule has 0 atom stereocenters. The number of hydrogen-bond acceptors (Lipinski definition) is 3. The third kappa shape index (κ3) is 4.12. The third-order valence-corrected chi connectivity index (χ3v) is 3.62. The Morgan fingerprint density at radius 3 is 2.53 bits per heavy atom. The van der Waals surface area contributed by atoms with Gasteiger partial charge in [0.05, 0.1) is 15.8 Å². The summed E-state index contributed by atoms with van der Waals surface area (Å²) in [4.78, 5) is 1.91. The highest BCUT2D eigenvalue weighted by molar-refractivity contribution is 9.10. The minimum atomic E-state index is -0.906. The molecule has 1 aromatic rings. The van der Waals surface area contributed by atoms with Gasteiger partial charge in [-0.1, -0.05) is 12.2 Å². The molecule has 0 aliphatic rings. The summed E-state index contributed by atoms with van der Waals surface area (Å²) in [5.41, 5.74) is 5.50. The Kier molecular flexibility index (Phi) is 5.29. The Balaban J connectivity index is 3.20. The molecule has 6 heteroatoms. The summed E-state index contributed by atoms with van der Waals surface area (Å²) in [7, 11) is 0. The molecule has 19 heavy (non-hydrogen) atoms. The number of halogens is 2. The second kappa shape index (κ2) is 6.15. The summed E-state index contributed by atoms with van der Waals surface area (Å²) in [6.07, 6.45) is 0. The zero-order chi connectivity index (χ0) is 14.8.